The lowest BCUT2D eigenvalue weighted by molar-refractivity contribution is -0.118. The maximum Gasteiger partial charge on any atom is 0.241 e. The van der Waals surface area contributed by atoms with Crippen LogP contribution in [0, 0.1) is 0 Å². The van der Waals surface area contributed by atoms with E-state index in [1.54, 1.807) is 31.3 Å². The highest BCUT2D eigenvalue weighted by Crippen LogP contribution is 2.12. The first-order valence-electron chi connectivity index (χ1n) is 7.06. The monoisotopic (exact) mass is 288 g/mol. The smallest absolute Gasteiger partial charge is 0.241 e. The summed E-state index contributed by atoms with van der Waals surface area (Å²) >= 11 is 0. The maximum atomic E-state index is 12.1. The van der Waals surface area contributed by atoms with E-state index in [-0.39, 0.29) is 18.6 Å². The van der Waals surface area contributed by atoms with Crippen molar-refractivity contribution in [2.75, 3.05) is 12.4 Å². The van der Waals surface area contributed by atoms with Gasteiger partial charge in [0.15, 0.2) is 0 Å². The summed E-state index contributed by atoms with van der Waals surface area (Å²) in [5.41, 5.74) is 1.52. The van der Waals surface area contributed by atoms with E-state index in [1.807, 2.05) is 0 Å². The van der Waals surface area contributed by atoms with Gasteiger partial charge in [-0.2, -0.15) is 0 Å². The number of carbonyl (C=O) groups is 2. The predicted molar refractivity (Wildman–Crippen MR) is 83.4 cm³/mol. The summed E-state index contributed by atoms with van der Waals surface area (Å²) in [4.78, 5) is 22.6. The SMILES string of the molecule is [B]C(=O)OCc1ccc(NC(=O)[C@H](CCCC)NC)cc1. The van der Waals surface area contributed by atoms with Gasteiger partial charge in [-0.15, -0.1) is 0 Å². The molecule has 0 fully saturated rings. The largest absolute Gasteiger partial charge is 0.470 e. The van der Waals surface area contributed by atoms with Crippen molar-refractivity contribution in [3.8, 4) is 0 Å². The number of carbonyl (C=O) groups excluding carboxylic acids is 2. The summed E-state index contributed by atoms with van der Waals surface area (Å²) in [6.07, 6.45) is 2.87. The first-order chi connectivity index (χ1) is 10.1. The third-order valence-electron chi connectivity index (χ3n) is 3.11. The Labute approximate surface area is 126 Å². The van der Waals surface area contributed by atoms with Crippen molar-refractivity contribution >= 4 is 25.3 Å². The molecular formula is C15H21BN2O3. The van der Waals surface area contributed by atoms with Crippen LogP contribution in [0.25, 0.3) is 0 Å². The van der Waals surface area contributed by atoms with Gasteiger partial charge in [-0.25, -0.2) is 0 Å². The third kappa shape index (κ3) is 6.45. The van der Waals surface area contributed by atoms with Crippen molar-refractivity contribution in [2.45, 2.75) is 38.8 Å². The van der Waals surface area contributed by atoms with Gasteiger partial charge in [-0.1, -0.05) is 31.9 Å². The summed E-state index contributed by atoms with van der Waals surface area (Å²) in [5.74, 6) is -0.854. The molecule has 6 heteroatoms. The van der Waals surface area contributed by atoms with Crippen LogP contribution in [0.4, 0.5) is 10.5 Å². The fourth-order valence-electron chi connectivity index (χ4n) is 1.88. The molecule has 1 aromatic rings. The van der Waals surface area contributed by atoms with Gasteiger partial charge >= 0.3 is 0 Å². The van der Waals surface area contributed by atoms with Gasteiger partial charge in [0, 0.05) is 5.69 Å². The number of unbranched alkanes of at least 4 members (excludes halogenated alkanes) is 1. The Kier molecular flexibility index (Phi) is 7.54. The van der Waals surface area contributed by atoms with Crippen LogP contribution in [0.5, 0.6) is 0 Å². The number of anilines is 1. The summed E-state index contributed by atoms with van der Waals surface area (Å²) in [6.45, 7) is 2.22. The van der Waals surface area contributed by atoms with Crippen LogP contribution < -0.4 is 10.6 Å². The number of ether oxygens (including phenoxy) is 1. The molecule has 1 rings (SSSR count). The van der Waals surface area contributed by atoms with Gasteiger partial charge in [-0.3, -0.25) is 9.59 Å². The zero-order valence-electron chi connectivity index (χ0n) is 12.5. The molecule has 0 heterocycles. The first-order valence-corrected chi connectivity index (χ1v) is 7.06. The third-order valence-corrected chi connectivity index (χ3v) is 3.11. The zero-order chi connectivity index (χ0) is 15.7. The number of benzene rings is 1. The number of rotatable bonds is 8. The molecule has 1 aromatic carbocycles. The fourth-order valence-corrected chi connectivity index (χ4v) is 1.88. The lowest BCUT2D eigenvalue weighted by atomic mass is 10.1. The summed E-state index contributed by atoms with van der Waals surface area (Å²) in [7, 11) is 6.68. The Morgan fingerprint density at radius 1 is 1.29 bits per heavy atom. The molecule has 21 heavy (non-hydrogen) atoms. The number of amides is 1. The van der Waals surface area contributed by atoms with Crippen LogP contribution >= 0.6 is 0 Å². The van der Waals surface area contributed by atoms with Crippen LogP contribution in [0.3, 0.4) is 0 Å². The van der Waals surface area contributed by atoms with Crippen LogP contribution in [0.1, 0.15) is 31.7 Å². The first kappa shape index (κ1) is 17.2. The molecule has 0 aromatic heterocycles. The van der Waals surface area contributed by atoms with Gasteiger partial charge in [0.1, 0.15) is 6.61 Å². The average Bonchev–Trinajstić information content (AvgIpc) is 2.47. The number of likely N-dealkylation sites (N-methyl/N-ethyl adjacent to an activating group) is 1. The fraction of sp³-hybridized carbons (Fsp3) is 0.467. The molecule has 1 amide bonds. The number of nitrogens with one attached hydrogen (secondary N) is 2. The van der Waals surface area contributed by atoms with E-state index in [2.05, 4.69) is 17.6 Å². The van der Waals surface area contributed by atoms with Crippen LogP contribution in [0.2, 0.25) is 0 Å². The summed E-state index contributed by atoms with van der Waals surface area (Å²) in [5, 5.41) is 5.88. The Morgan fingerprint density at radius 3 is 2.48 bits per heavy atom. The molecule has 0 saturated carbocycles. The molecule has 5 nitrogen and oxygen atoms in total. The van der Waals surface area contributed by atoms with E-state index >= 15 is 0 Å². The van der Waals surface area contributed by atoms with Crippen molar-refractivity contribution in [3.05, 3.63) is 29.8 Å². The van der Waals surface area contributed by atoms with Crippen LogP contribution in [0.15, 0.2) is 24.3 Å². The van der Waals surface area contributed by atoms with Crippen molar-refractivity contribution < 1.29 is 14.3 Å². The normalized spacial score (nSPS) is 11.7. The van der Waals surface area contributed by atoms with Crippen molar-refractivity contribution in [1.29, 1.82) is 0 Å². The average molecular weight is 288 g/mol. The molecular weight excluding hydrogens is 267 g/mol. The summed E-state index contributed by atoms with van der Waals surface area (Å²) < 4.78 is 4.69. The lowest BCUT2D eigenvalue weighted by Gasteiger charge is -2.15. The predicted octanol–water partition coefficient (Wildman–Crippen LogP) is 2.21. The molecule has 112 valence electrons. The summed E-state index contributed by atoms with van der Waals surface area (Å²) in [6, 6.07) is 6.90. The van der Waals surface area contributed by atoms with Gasteiger partial charge < -0.3 is 15.4 Å². The Balaban J connectivity index is 2.53. The van der Waals surface area contributed by atoms with Gasteiger partial charge in [-0.05, 0) is 31.2 Å². The molecule has 0 aliphatic carbocycles. The Morgan fingerprint density at radius 2 is 1.95 bits per heavy atom. The van der Waals surface area contributed by atoms with E-state index in [1.165, 1.54) is 0 Å². The van der Waals surface area contributed by atoms with Crippen LogP contribution in [-0.2, 0) is 16.1 Å². The maximum absolute atomic E-state index is 12.1. The van der Waals surface area contributed by atoms with Crippen molar-refractivity contribution in [3.63, 3.8) is 0 Å². The minimum atomic E-state index is -0.805. The molecule has 0 aliphatic rings. The highest BCUT2D eigenvalue weighted by Gasteiger charge is 2.15. The molecule has 0 spiro atoms. The second-order valence-electron chi connectivity index (χ2n) is 4.78. The zero-order valence-corrected chi connectivity index (χ0v) is 12.5. The van der Waals surface area contributed by atoms with Crippen molar-refractivity contribution in [1.82, 2.24) is 5.32 Å². The Bertz CT molecular complexity index is 462. The molecule has 1 atom stereocenters. The van der Waals surface area contributed by atoms with E-state index in [0.29, 0.717) is 5.69 Å². The highest BCUT2D eigenvalue weighted by atomic mass is 16.5. The second-order valence-corrected chi connectivity index (χ2v) is 4.78. The highest BCUT2D eigenvalue weighted by molar-refractivity contribution is 6.55. The molecule has 0 saturated heterocycles. The second kappa shape index (κ2) is 9.18. The van der Waals surface area contributed by atoms with E-state index in [0.717, 1.165) is 24.8 Å². The standard InChI is InChI=1S/C15H21BN2O3/c1-3-4-5-13(17-2)14(19)18-12-8-6-11(7-9-12)10-21-15(16)20/h6-9,13,17H,3-5,10H2,1-2H3,(H,18,19)/t13-/m0/s1. The lowest BCUT2D eigenvalue weighted by Crippen LogP contribution is -2.38. The molecule has 2 N–H and O–H groups in total. The molecule has 2 radical (unpaired) electrons. The van der Waals surface area contributed by atoms with Crippen LogP contribution in [-0.4, -0.2) is 32.7 Å². The quantitative estimate of drug-likeness (QED) is 0.720. The topological polar surface area (TPSA) is 67.4 Å². The van der Waals surface area contributed by atoms with E-state index < -0.39 is 5.87 Å². The minimum Gasteiger partial charge on any atom is -0.470 e. The molecule has 0 unspecified atom stereocenters. The van der Waals surface area contributed by atoms with Crippen molar-refractivity contribution in [2.24, 2.45) is 0 Å². The van der Waals surface area contributed by atoms with E-state index in [9.17, 15) is 9.59 Å². The van der Waals surface area contributed by atoms with E-state index in [4.69, 9.17) is 12.6 Å². The van der Waals surface area contributed by atoms with Gasteiger partial charge in [0.2, 0.25) is 19.6 Å². The Hall–Kier alpha value is -1.82. The molecule has 0 aliphatic heterocycles. The number of hydrogen-bond acceptors (Lipinski definition) is 4. The van der Waals surface area contributed by atoms with Gasteiger partial charge in [0.25, 0.3) is 0 Å². The number of hydrogen-bond donors (Lipinski definition) is 2. The minimum absolute atomic E-state index is 0.0490. The molecule has 0 bridgehead atoms. The van der Waals surface area contributed by atoms with Gasteiger partial charge in [0.05, 0.1) is 6.04 Å².